The van der Waals surface area contributed by atoms with Gasteiger partial charge in [-0.2, -0.15) is 0 Å². The maximum Gasteiger partial charge on any atom is 0.212 e. The monoisotopic (exact) mass is 268 g/mol. The summed E-state index contributed by atoms with van der Waals surface area (Å²) in [5.74, 6) is 0.920. The normalized spacial score (nSPS) is 13.7. The van der Waals surface area contributed by atoms with Gasteiger partial charge in [-0.3, -0.25) is 0 Å². The number of nitrogens with zero attached hydrogens (tertiary/aromatic N) is 1. The first-order chi connectivity index (χ1) is 7.09. The predicted molar refractivity (Wildman–Crippen MR) is 63.5 cm³/mol. The summed E-state index contributed by atoms with van der Waals surface area (Å²) >= 11 is 3.42. The van der Waals surface area contributed by atoms with Crippen molar-refractivity contribution in [2.45, 2.75) is 19.9 Å². The Morgan fingerprint density at radius 1 is 1.40 bits per heavy atom. The van der Waals surface area contributed by atoms with Crippen LogP contribution in [0.3, 0.4) is 0 Å². The average Bonchev–Trinajstić information content (AvgIpc) is 2.61. The fraction of sp³-hybridized carbons (Fsp3) is 0.364. The Labute approximate surface area is 96.8 Å². The second kappa shape index (κ2) is 3.94. The van der Waals surface area contributed by atoms with Crippen LogP contribution in [0, 0.1) is 5.92 Å². The molecule has 0 radical (unpaired) electrons. The van der Waals surface area contributed by atoms with Crippen molar-refractivity contribution in [2.24, 2.45) is 11.7 Å². The summed E-state index contributed by atoms with van der Waals surface area (Å²) in [5, 5.41) is 0. The van der Waals surface area contributed by atoms with E-state index in [1.165, 1.54) is 0 Å². The largest absolute Gasteiger partial charge is 0.438 e. The summed E-state index contributed by atoms with van der Waals surface area (Å²) in [7, 11) is 0. The Morgan fingerprint density at radius 3 is 2.73 bits per heavy atom. The first-order valence-corrected chi connectivity index (χ1v) is 5.69. The highest BCUT2D eigenvalue weighted by atomic mass is 79.9. The Balaban J connectivity index is 2.52. The van der Waals surface area contributed by atoms with Crippen LogP contribution in [-0.2, 0) is 0 Å². The second-order valence-electron chi connectivity index (χ2n) is 3.91. The van der Waals surface area contributed by atoms with Crippen LogP contribution in [0.4, 0.5) is 0 Å². The van der Waals surface area contributed by atoms with E-state index in [1.807, 2.05) is 18.2 Å². The first-order valence-electron chi connectivity index (χ1n) is 4.90. The number of oxazole rings is 1. The molecule has 1 aromatic heterocycles. The zero-order chi connectivity index (χ0) is 11.0. The van der Waals surface area contributed by atoms with Crippen molar-refractivity contribution in [3.63, 3.8) is 0 Å². The summed E-state index contributed by atoms with van der Waals surface area (Å²) in [6.07, 6.45) is 0. The van der Waals surface area contributed by atoms with E-state index in [9.17, 15) is 0 Å². The lowest BCUT2D eigenvalue weighted by Gasteiger charge is -2.10. The summed E-state index contributed by atoms with van der Waals surface area (Å²) in [4.78, 5) is 4.37. The number of aromatic nitrogens is 1. The summed E-state index contributed by atoms with van der Waals surface area (Å²) in [5.41, 5.74) is 7.59. The smallest absolute Gasteiger partial charge is 0.212 e. The maximum atomic E-state index is 5.98. The van der Waals surface area contributed by atoms with Crippen LogP contribution in [0.2, 0.25) is 0 Å². The second-order valence-corrected chi connectivity index (χ2v) is 4.76. The van der Waals surface area contributed by atoms with Crippen LogP contribution < -0.4 is 5.73 Å². The minimum atomic E-state index is -0.149. The molecule has 0 aliphatic rings. The summed E-state index contributed by atoms with van der Waals surface area (Å²) < 4.78 is 6.55. The molecular weight excluding hydrogens is 256 g/mol. The number of hydrogen-bond acceptors (Lipinski definition) is 3. The van der Waals surface area contributed by atoms with Crippen LogP contribution >= 0.6 is 15.9 Å². The van der Waals surface area contributed by atoms with E-state index in [1.54, 1.807) is 0 Å². The lowest BCUT2D eigenvalue weighted by Crippen LogP contribution is -2.16. The molecule has 1 heterocycles. The number of halogens is 1. The molecule has 0 bridgehead atoms. The molecule has 0 amide bonds. The number of nitrogens with two attached hydrogens (primary N) is 1. The third-order valence-electron chi connectivity index (χ3n) is 2.39. The van der Waals surface area contributed by atoms with Gasteiger partial charge in [-0.1, -0.05) is 19.9 Å². The Kier molecular flexibility index (Phi) is 2.80. The van der Waals surface area contributed by atoms with E-state index in [0.29, 0.717) is 11.8 Å². The van der Waals surface area contributed by atoms with Crippen molar-refractivity contribution in [1.82, 2.24) is 4.98 Å². The molecule has 1 atom stereocenters. The van der Waals surface area contributed by atoms with Gasteiger partial charge < -0.3 is 10.2 Å². The van der Waals surface area contributed by atoms with E-state index in [4.69, 9.17) is 10.2 Å². The van der Waals surface area contributed by atoms with Gasteiger partial charge in [0, 0.05) is 0 Å². The van der Waals surface area contributed by atoms with Crippen molar-refractivity contribution in [2.75, 3.05) is 0 Å². The minimum Gasteiger partial charge on any atom is -0.438 e. The van der Waals surface area contributed by atoms with Gasteiger partial charge in [0.15, 0.2) is 5.58 Å². The molecule has 2 aromatic rings. The molecule has 2 rings (SSSR count). The van der Waals surface area contributed by atoms with Gasteiger partial charge in [0.05, 0.1) is 10.5 Å². The fourth-order valence-corrected chi connectivity index (χ4v) is 1.80. The maximum absolute atomic E-state index is 5.98. The number of rotatable bonds is 2. The van der Waals surface area contributed by atoms with Crippen molar-refractivity contribution < 1.29 is 4.42 Å². The first kappa shape index (κ1) is 10.6. The minimum absolute atomic E-state index is 0.149. The molecule has 0 aliphatic heterocycles. The number of para-hydroxylation sites is 1. The highest BCUT2D eigenvalue weighted by Crippen LogP contribution is 2.28. The molecule has 2 N–H and O–H groups in total. The number of benzene rings is 1. The number of hydrogen-bond donors (Lipinski definition) is 1. The van der Waals surface area contributed by atoms with Gasteiger partial charge in [-0.05, 0) is 34.0 Å². The van der Waals surface area contributed by atoms with Crippen molar-refractivity contribution in [1.29, 1.82) is 0 Å². The molecule has 0 fully saturated rings. The van der Waals surface area contributed by atoms with Gasteiger partial charge in [0.2, 0.25) is 5.89 Å². The van der Waals surface area contributed by atoms with Crippen molar-refractivity contribution in [3.8, 4) is 0 Å². The van der Waals surface area contributed by atoms with Crippen LogP contribution in [0.15, 0.2) is 27.1 Å². The van der Waals surface area contributed by atoms with E-state index in [2.05, 4.69) is 34.8 Å². The van der Waals surface area contributed by atoms with E-state index < -0.39 is 0 Å². The zero-order valence-electron chi connectivity index (χ0n) is 8.70. The molecule has 0 saturated heterocycles. The van der Waals surface area contributed by atoms with E-state index >= 15 is 0 Å². The van der Waals surface area contributed by atoms with Gasteiger partial charge >= 0.3 is 0 Å². The average molecular weight is 269 g/mol. The third kappa shape index (κ3) is 1.92. The molecule has 0 saturated carbocycles. The Hall–Kier alpha value is -0.870. The topological polar surface area (TPSA) is 52.0 Å². The summed E-state index contributed by atoms with van der Waals surface area (Å²) in [6, 6.07) is 5.63. The third-order valence-corrected chi connectivity index (χ3v) is 3.01. The summed E-state index contributed by atoms with van der Waals surface area (Å²) in [6.45, 7) is 4.10. The fourth-order valence-electron chi connectivity index (χ4n) is 1.36. The Bertz CT molecular complexity index is 478. The highest BCUT2D eigenvalue weighted by Gasteiger charge is 2.17. The lowest BCUT2D eigenvalue weighted by atomic mass is 10.1. The van der Waals surface area contributed by atoms with Gasteiger partial charge in [0.25, 0.3) is 0 Å². The molecule has 80 valence electrons. The lowest BCUT2D eigenvalue weighted by molar-refractivity contribution is 0.402. The van der Waals surface area contributed by atoms with E-state index in [0.717, 1.165) is 15.6 Å². The molecular formula is C11H13BrN2O. The van der Waals surface area contributed by atoms with Gasteiger partial charge in [-0.25, -0.2) is 4.98 Å². The van der Waals surface area contributed by atoms with Crippen LogP contribution in [-0.4, -0.2) is 4.98 Å². The van der Waals surface area contributed by atoms with Crippen LogP contribution in [0.5, 0.6) is 0 Å². The molecule has 3 nitrogen and oxygen atoms in total. The molecule has 0 spiro atoms. The Morgan fingerprint density at radius 2 is 2.13 bits per heavy atom. The van der Waals surface area contributed by atoms with E-state index in [-0.39, 0.29) is 6.04 Å². The predicted octanol–water partition coefficient (Wildman–Crippen LogP) is 3.25. The van der Waals surface area contributed by atoms with Gasteiger partial charge in [0.1, 0.15) is 5.52 Å². The van der Waals surface area contributed by atoms with Crippen molar-refractivity contribution >= 4 is 27.0 Å². The quantitative estimate of drug-likeness (QED) is 0.910. The van der Waals surface area contributed by atoms with Crippen molar-refractivity contribution in [3.05, 3.63) is 28.6 Å². The molecule has 1 aromatic carbocycles. The van der Waals surface area contributed by atoms with Crippen LogP contribution in [0.1, 0.15) is 25.8 Å². The number of fused-ring (bicyclic) bond motifs is 1. The highest BCUT2D eigenvalue weighted by molar-refractivity contribution is 9.10. The molecule has 4 heteroatoms. The standard InChI is InChI=1S/C11H13BrN2O/c1-6(2)9(13)11-14-8-5-3-4-7(12)10(8)15-11/h3-6,9H,13H2,1-2H3. The SMILES string of the molecule is CC(C)C(N)c1nc2cccc(Br)c2o1. The van der Waals surface area contributed by atoms with Gasteiger partial charge in [-0.15, -0.1) is 0 Å². The molecule has 0 aliphatic carbocycles. The molecule has 1 unspecified atom stereocenters. The zero-order valence-corrected chi connectivity index (χ0v) is 10.3. The molecule has 15 heavy (non-hydrogen) atoms. The van der Waals surface area contributed by atoms with Crippen LogP contribution in [0.25, 0.3) is 11.1 Å².